The van der Waals surface area contributed by atoms with Gasteiger partial charge in [-0.15, -0.1) is 0 Å². The molecule has 6 aliphatic rings. The van der Waals surface area contributed by atoms with Crippen LogP contribution >= 0.6 is 0 Å². The topological polar surface area (TPSA) is 605 Å². The van der Waals surface area contributed by atoms with E-state index in [4.69, 9.17) is 40.2 Å². The highest BCUT2D eigenvalue weighted by Crippen LogP contribution is 2.33. The molecule has 6 fully saturated rings. The highest BCUT2D eigenvalue weighted by Gasteiger charge is 2.54. The number of carbonyl (C=O) groups excluding carboxylic acids is 6. The summed E-state index contributed by atoms with van der Waals surface area (Å²) in [6.07, 6.45) is -25.6. The van der Waals surface area contributed by atoms with E-state index in [2.05, 4.69) is 42.5 Å². The Morgan fingerprint density at radius 1 is 0.656 bits per heavy atom. The second-order valence-electron chi connectivity index (χ2n) is 22.9. The van der Waals surface area contributed by atoms with Crippen LogP contribution in [0.3, 0.4) is 0 Å². The number of amides is 5. The van der Waals surface area contributed by atoms with Gasteiger partial charge in [0.15, 0.2) is 24.4 Å². The van der Waals surface area contributed by atoms with Crippen LogP contribution in [0, 0.1) is 16.7 Å². The van der Waals surface area contributed by atoms with Crippen molar-refractivity contribution in [3.63, 3.8) is 0 Å². The third-order valence-electron chi connectivity index (χ3n) is 16.7. The summed E-state index contributed by atoms with van der Waals surface area (Å²) in [5.74, 6) is -6.98. The molecule has 5 saturated heterocycles. The third-order valence-corrected chi connectivity index (χ3v) is 16.7. The first-order valence-corrected chi connectivity index (χ1v) is 29.3. The van der Waals surface area contributed by atoms with E-state index < -0.39 is 228 Å². The molecular weight excluding hydrogens is 1200 g/mol. The van der Waals surface area contributed by atoms with Crippen molar-refractivity contribution in [3.05, 3.63) is 29.8 Å². The number of ether oxygens (including phenoxy) is 5. The van der Waals surface area contributed by atoms with Crippen LogP contribution in [-0.4, -0.2) is 317 Å². The summed E-state index contributed by atoms with van der Waals surface area (Å²) in [4.78, 5) is 83.1. The number of carbonyl (C=O) groups is 5. The van der Waals surface area contributed by atoms with Crippen molar-refractivity contribution in [1.29, 1.82) is 10.8 Å². The van der Waals surface area contributed by atoms with Crippen LogP contribution in [-0.2, 0) is 54.1 Å². The SMILES string of the molecule is N=C1NCC(C(O)[C@H](NC(=O)[C@@H](Cc2ccc(O[C@H]3O[C@H](CO)[C@@H](O[C@H]4O[C@H](CO)[C@@H](O)[C@H](O)[C@@H]4O)[C@H](O)[C@@H]3O)cc2)NC(=O)[C@@H](N)CC2CCCCC2)C(=O)N[C@@H](C(=O)N[C@@H](CO)C(=O)NC[C]=O)C(O)C2CNC(=N)N2[C@H]2O[C@H](CO)[C@@H](O)[C@H](O)[C@@H]2O)N1. The third kappa shape index (κ3) is 16.9. The van der Waals surface area contributed by atoms with E-state index in [9.17, 15) is 100 Å². The second kappa shape index (κ2) is 32.4. The lowest BCUT2D eigenvalue weighted by Gasteiger charge is -2.46. The smallest absolute Gasteiger partial charge is 0.246 e. The van der Waals surface area contributed by atoms with Crippen molar-refractivity contribution >= 4 is 47.7 Å². The number of guanidine groups is 2. The highest BCUT2D eigenvalue weighted by atomic mass is 16.7. The largest absolute Gasteiger partial charge is 0.462 e. The quantitative estimate of drug-likeness (QED) is 0.0370. The average molecular weight is 1290 g/mol. The van der Waals surface area contributed by atoms with Gasteiger partial charge in [0.25, 0.3) is 0 Å². The Morgan fingerprint density at radius 3 is 1.84 bits per heavy atom. The zero-order chi connectivity index (χ0) is 65.8. The van der Waals surface area contributed by atoms with Gasteiger partial charge in [0.1, 0.15) is 115 Å². The molecule has 37 nitrogen and oxygen atoms in total. The zero-order valence-corrected chi connectivity index (χ0v) is 48.4. The molecule has 1 aliphatic carbocycles. The Balaban J connectivity index is 1.15. The normalized spacial score (nSPS) is 33.7. The van der Waals surface area contributed by atoms with Crippen molar-refractivity contribution in [2.75, 3.05) is 46.1 Å². The van der Waals surface area contributed by atoms with Crippen LogP contribution in [0.2, 0.25) is 0 Å². The first-order valence-electron chi connectivity index (χ1n) is 29.3. The molecule has 0 spiro atoms. The Hall–Kier alpha value is -6.18. The van der Waals surface area contributed by atoms with E-state index >= 15 is 0 Å². The van der Waals surface area contributed by atoms with Gasteiger partial charge in [-0.2, -0.15) is 0 Å². The summed E-state index contributed by atoms with van der Waals surface area (Å²) in [5.41, 5.74) is 6.71. The van der Waals surface area contributed by atoms with Gasteiger partial charge >= 0.3 is 0 Å². The fourth-order valence-electron chi connectivity index (χ4n) is 11.5. The molecule has 5 amide bonds. The van der Waals surface area contributed by atoms with Gasteiger partial charge in [-0.05, 0) is 30.0 Å². The van der Waals surface area contributed by atoms with E-state index in [1.165, 1.54) is 30.6 Å². The monoisotopic (exact) mass is 1290 g/mol. The molecule has 26 N–H and O–H groups in total. The summed E-state index contributed by atoms with van der Waals surface area (Å²) in [7, 11) is 0. The fraction of sp³-hybridized carbons (Fsp3) is 0.736. The molecule has 5 heterocycles. The number of nitrogens with two attached hydrogens (primary N) is 1. The lowest BCUT2D eigenvalue weighted by Crippen LogP contribution is -2.69. The molecule has 1 aromatic carbocycles. The highest BCUT2D eigenvalue weighted by molar-refractivity contribution is 5.97. The molecule has 1 saturated carbocycles. The number of aliphatic hydroxyl groups excluding tert-OH is 14. The van der Waals surface area contributed by atoms with E-state index in [1.807, 2.05) is 0 Å². The van der Waals surface area contributed by atoms with Crippen molar-refractivity contribution in [1.82, 2.24) is 47.4 Å². The molecule has 1 radical (unpaired) electrons. The summed E-state index contributed by atoms with van der Waals surface area (Å²) >= 11 is 0. The van der Waals surface area contributed by atoms with E-state index in [1.54, 1.807) is 0 Å². The van der Waals surface area contributed by atoms with Crippen molar-refractivity contribution in [3.8, 4) is 5.75 Å². The first kappa shape index (κ1) is 71.3. The van der Waals surface area contributed by atoms with Crippen molar-refractivity contribution in [2.24, 2.45) is 11.7 Å². The van der Waals surface area contributed by atoms with Crippen LogP contribution in [0.1, 0.15) is 44.1 Å². The van der Waals surface area contributed by atoms with Crippen molar-refractivity contribution in [2.45, 2.75) is 192 Å². The molecule has 0 bridgehead atoms. The van der Waals surface area contributed by atoms with Gasteiger partial charge in [-0.1, -0.05) is 44.2 Å². The van der Waals surface area contributed by atoms with Gasteiger partial charge in [-0.3, -0.25) is 39.6 Å². The molecular formula is C53H83N12O25. The summed E-state index contributed by atoms with van der Waals surface area (Å²) < 4.78 is 28.2. The van der Waals surface area contributed by atoms with Gasteiger partial charge in [0, 0.05) is 19.5 Å². The molecule has 505 valence electrons. The second-order valence-corrected chi connectivity index (χ2v) is 22.9. The number of nitrogens with one attached hydrogen (secondary N) is 10. The molecule has 7 rings (SSSR count). The number of benzene rings is 1. The Kier molecular flexibility index (Phi) is 25.7. The Labute approximate surface area is 513 Å². The van der Waals surface area contributed by atoms with E-state index in [-0.39, 0.29) is 36.2 Å². The molecule has 5 aliphatic heterocycles. The average Bonchev–Trinajstić information content (AvgIpc) is 1.43. The fourth-order valence-corrected chi connectivity index (χ4v) is 11.5. The first-order chi connectivity index (χ1) is 42.8. The summed E-state index contributed by atoms with van der Waals surface area (Å²) in [6, 6.07) is -6.80. The van der Waals surface area contributed by atoms with Gasteiger partial charge in [-0.25, -0.2) is 0 Å². The molecule has 0 aromatic heterocycles. The van der Waals surface area contributed by atoms with Crippen LogP contribution in [0.4, 0.5) is 0 Å². The van der Waals surface area contributed by atoms with E-state index in [0.717, 1.165) is 37.0 Å². The number of hydrogen-bond acceptors (Lipinski definition) is 28. The Morgan fingerprint density at radius 2 is 1.23 bits per heavy atom. The molecule has 1 aromatic rings. The minimum Gasteiger partial charge on any atom is -0.462 e. The predicted octanol–water partition coefficient (Wildman–Crippen LogP) is -13.1. The van der Waals surface area contributed by atoms with Crippen LogP contribution in [0.5, 0.6) is 5.75 Å². The predicted molar refractivity (Wildman–Crippen MR) is 300 cm³/mol. The molecule has 90 heavy (non-hydrogen) atoms. The van der Waals surface area contributed by atoms with Crippen LogP contribution < -0.4 is 53.0 Å². The minimum absolute atomic E-state index is 0.0460. The van der Waals surface area contributed by atoms with E-state index in [0.29, 0.717) is 0 Å². The Bertz CT molecular complexity index is 2600. The number of rotatable bonds is 28. The maximum atomic E-state index is 15.0. The number of hydrogen-bond donors (Lipinski definition) is 25. The van der Waals surface area contributed by atoms with Gasteiger partial charge in [0.05, 0.1) is 51.1 Å². The summed E-state index contributed by atoms with van der Waals surface area (Å²) in [6.45, 7) is -5.18. The standard InChI is InChI=1S/C53H83N12O25/c54-23(12-20-4-2-1-3-5-20)44(81)60-24(13-21-6-8-22(9-7-21)86-50-42(80)39(77)43(30(19-70)89-50)90-51-41(79)38(76)36(74)29(18-69)88-51)46(83)63-31(33(71)25-14-58-52(55)62-25)48(85)64-32(47(84)61-26(16-67)45(82)57-10-11-66)34(72)27-15-59-53(56)65(27)49-40(78)37(75)35(73)28(17-68)87-49/h6-9,20,23-43,49-51,67-80H,1-5,10,12-19,54H2,(H2,56,59)(H,57,82)(H,60,81)(H,61,84)(H,63,83)(H,64,85)(H3,55,58,62)/t23-,24+,25?,26-,27?,28+,29+,30+,31-,32+,33?,34?,35+,36+,37-,38-,39+,40-,41-,42-,43+,49-,50-,51+/m0/s1. The molecule has 4 unspecified atom stereocenters. The lowest BCUT2D eigenvalue weighted by atomic mass is 9.85. The van der Waals surface area contributed by atoms with Crippen LogP contribution in [0.15, 0.2) is 24.3 Å². The maximum absolute atomic E-state index is 15.0. The van der Waals surface area contributed by atoms with Gasteiger partial charge in [0.2, 0.25) is 42.1 Å². The molecule has 37 heteroatoms. The van der Waals surface area contributed by atoms with Crippen molar-refractivity contribution < 1.29 is 124 Å². The zero-order valence-electron chi connectivity index (χ0n) is 48.4. The van der Waals surface area contributed by atoms with Gasteiger partial charge < -0.3 is 148 Å². The number of aliphatic hydroxyl groups is 14. The minimum atomic E-state index is -2.36. The summed E-state index contributed by atoms with van der Waals surface area (Å²) in [5, 5.41) is 186. The lowest BCUT2D eigenvalue weighted by molar-refractivity contribution is -0.352. The maximum Gasteiger partial charge on any atom is 0.246 e. The van der Waals surface area contributed by atoms with Crippen LogP contribution in [0.25, 0.3) is 0 Å². The molecule has 24 atom stereocenters. The number of nitrogens with zero attached hydrogens (tertiary/aromatic N) is 1.